The highest BCUT2D eigenvalue weighted by Crippen LogP contribution is 1.74. The van der Waals surface area contributed by atoms with E-state index in [2.05, 4.69) is 10.3 Å². The Kier molecular flexibility index (Phi) is 2.01. The van der Waals surface area contributed by atoms with Crippen molar-refractivity contribution in [2.45, 2.75) is 0 Å². The number of carbonyl (C=O) groups excluding carboxylic acids is 1. The molecule has 0 saturated heterocycles. The molecule has 0 saturated carbocycles. The lowest BCUT2D eigenvalue weighted by Gasteiger charge is -1.74. The molecular formula is C3H7N3O. The van der Waals surface area contributed by atoms with Crippen molar-refractivity contribution in [3.8, 4) is 0 Å². The van der Waals surface area contributed by atoms with Gasteiger partial charge in [0, 0.05) is 0 Å². The van der Waals surface area contributed by atoms with E-state index in [1.807, 2.05) is 0 Å². The van der Waals surface area contributed by atoms with Crippen LogP contribution < -0.4 is 11.5 Å². The van der Waals surface area contributed by atoms with Gasteiger partial charge in [0.15, 0.2) is 0 Å². The largest absolute Gasteiger partial charge is 0.367 e. The topological polar surface area (TPSA) is 76.5 Å². The summed E-state index contributed by atoms with van der Waals surface area (Å²) in [5.41, 5.74) is 0. The number of nitrogens with one attached hydrogen (secondary N) is 1. The summed E-state index contributed by atoms with van der Waals surface area (Å²) in [6, 6.07) is 0. The molecule has 0 aromatic rings. The normalized spacial score (nSPS) is 15.7. The Balaban J connectivity index is 0.000000360. The van der Waals surface area contributed by atoms with E-state index in [1.165, 1.54) is 6.34 Å². The number of hydrogen-bond donors (Lipinski definition) is 2. The van der Waals surface area contributed by atoms with E-state index >= 15 is 0 Å². The maximum absolute atomic E-state index is 9.98. The van der Waals surface area contributed by atoms with Gasteiger partial charge in [-0.25, -0.2) is 4.99 Å². The Hall–Kier alpha value is -0.900. The second-order valence-electron chi connectivity index (χ2n) is 1.03. The fraction of sp³-hybridized carbons (Fsp3) is 0.333. The Morgan fingerprint density at radius 3 is 2.71 bits per heavy atom. The van der Waals surface area contributed by atoms with E-state index in [9.17, 15) is 4.79 Å². The van der Waals surface area contributed by atoms with Crippen LogP contribution in [0.25, 0.3) is 0 Å². The molecule has 40 valence electrons. The van der Waals surface area contributed by atoms with Crippen molar-refractivity contribution >= 4 is 12.2 Å². The van der Waals surface area contributed by atoms with Crippen molar-refractivity contribution in [2.24, 2.45) is 4.99 Å². The van der Waals surface area contributed by atoms with Crippen LogP contribution in [0.15, 0.2) is 4.99 Å². The van der Waals surface area contributed by atoms with Crippen LogP contribution in [0.2, 0.25) is 0 Å². The quantitative estimate of drug-likeness (QED) is 0.424. The monoisotopic (exact) mass is 101 g/mol. The lowest BCUT2D eigenvalue weighted by molar-refractivity contribution is -0.116. The fourth-order valence-electron chi connectivity index (χ4n) is 0.296. The predicted octanol–water partition coefficient (Wildman–Crippen LogP) is -0.694. The molecule has 0 aromatic heterocycles. The summed E-state index contributed by atoms with van der Waals surface area (Å²) >= 11 is 0. The average Bonchev–Trinajstić information content (AvgIpc) is 1.86. The third kappa shape index (κ3) is 1.32. The third-order valence-corrected chi connectivity index (χ3v) is 0.553. The SMILES string of the molecule is N.O=C1CNC=N1. The highest BCUT2D eigenvalue weighted by molar-refractivity contribution is 5.91. The highest BCUT2D eigenvalue weighted by atomic mass is 16.1. The van der Waals surface area contributed by atoms with Gasteiger partial charge in [-0.2, -0.15) is 0 Å². The molecule has 0 radical (unpaired) electrons. The summed E-state index contributed by atoms with van der Waals surface area (Å²) in [5, 5.41) is 2.63. The summed E-state index contributed by atoms with van der Waals surface area (Å²) in [6.45, 7) is 0.375. The highest BCUT2D eigenvalue weighted by Gasteiger charge is 1.98. The summed E-state index contributed by atoms with van der Waals surface area (Å²) < 4.78 is 0. The first-order valence-electron chi connectivity index (χ1n) is 1.68. The van der Waals surface area contributed by atoms with Crippen LogP contribution in [0.5, 0.6) is 0 Å². The van der Waals surface area contributed by atoms with E-state index in [0.29, 0.717) is 6.54 Å². The van der Waals surface area contributed by atoms with E-state index in [4.69, 9.17) is 0 Å². The van der Waals surface area contributed by atoms with Crippen LogP contribution in [0.4, 0.5) is 0 Å². The van der Waals surface area contributed by atoms with Gasteiger partial charge >= 0.3 is 0 Å². The summed E-state index contributed by atoms with van der Waals surface area (Å²) in [7, 11) is 0. The Bertz CT molecular complexity index is 98.4. The first-order chi connectivity index (χ1) is 2.89. The van der Waals surface area contributed by atoms with Gasteiger partial charge in [0.25, 0.3) is 5.91 Å². The van der Waals surface area contributed by atoms with Crippen LogP contribution in [0, 0.1) is 0 Å². The van der Waals surface area contributed by atoms with Gasteiger partial charge < -0.3 is 11.5 Å². The molecule has 0 bridgehead atoms. The fourth-order valence-corrected chi connectivity index (χ4v) is 0.296. The molecule has 4 nitrogen and oxygen atoms in total. The lowest BCUT2D eigenvalue weighted by Crippen LogP contribution is -2.09. The van der Waals surface area contributed by atoms with Crippen molar-refractivity contribution in [2.75, 3.05) is 6.54 Å². The van der Waals surface area contributed by atoms with Crippen LogP contribution >= 0.6 is 0 Å². The average molecular weight is 101 g/mol. The maximum atomic E-state index is 9.98. The number of rotatable bonds is 0. The minimum absolute atomic E-state index is 0. The summed E-state index contributed by atoms with van der Waals surface area (Å²) in [6.07, 6.45) is 1.41. The van der Waals surface area contributed by atoms with Crippen molar-refractivity contribution in [1.29, 1.82) is 0 Å². The zero-order valence-electron chi connectivity index (χ0n) is 3.85. The first-order valence-corrected chi connectivity index (χ1v) is 1.68. The molecule has 1 heterocycles. The predicted molar refractivity (Wildman–Crippen MR) is 26.5 cm³/mol. The van der Waals surface area contributed by atoms with E-state index in [-0.39, 0.29) is 12.1 Å². The van der Waals surface area contributed by atoms with Gasteiger partial charge in [0.05, 0.1) is 12.9 Å². The number of amides is 1. The molecule has 1 aliphatic heterocycles. The molecule has 0 fully saturated rings. The zero-order chi connectivity index (χ0) is 4.41. The van der Waals surface area contributed by atoms with Crippen LogP contribution in [-0.4, -0.2) is 18.8 Å². The molecule has 1 aliphatic rings. The minimum atomic E-state index is -0.0880. The molecule has 0 unspecified atom stereocenters. The van der Waals surface area contributed by atoms with Crippen molar-refractivity contribution in [3.05, 3.63) is 0 Å². The van der Waals surface area contributed by atoms with Crippen LogP contribution in [-0.2, 0) is 4.79 Å². The van der Waals surface area contributed by atoms with Gasteiger partial charge in [-0.05, 0) is 0 Å². The molecule has 7 heavy (non-hydrogen) atoms. The van der Waals surface area contributed by atoms with Crippen molar-refractivity contribution < 1.29 is 4.79 Å². The van der Waals surface area contributed by atoms with Crippen LogP contribution in [0.1, 0.15) is 0 Å². The van der Waals surface area contributed by atoms with Crippen molar-refractivity contribution in [3.63, 3.8) is 0 Å². The zero-order valence-corrected chi connectivity index (χ0v) is 3.85. The van der Waals surface area contributed by atoms with Gasteiger partial charge in [0.1, 0.15) is 0 Å². The van der Waals surface area contributed by atoms with Crippen LogP contribution in [0.3, 0.4) is 0 Å². The molecule has 1 rings (SSSR count). The molecule has 0 aromatic carbocycles. The van der Waals surface area contributed by atoms with Gasteiger partial charge in [-0.1, -0.05) is 0 Å². The second kappa shape index (κ2) is 2.30. The number of nitrogens with zero attached hydrogens (tertiary/aromatic N) is 1. The Morgan fingerprint density at radius 2 is 2.57 bits per heavy atom. The molecule has 0 atom stereocenters. The van der Waals surface area contributed by atoms with E-state index < -0.39 is 0 Å². The summed E-state index contributed by atoms with van der Waals surface area (Å²) in [5.74, 6) is -0.0880. The molecular weight excluding hydrogens is 94.1 g/mol. The molecule has 4 N–H and O–H groups in total. The molecule has 4 heteroatoms. The standard InChI is InChI=1S/C3H4N2O.H3N/c6-3-1-4-2-5-3;/h2H,1H2,(H,4,5,6);1H3. The molecule has 1 amide bonds. The minimum Gasteiger partial charge on any atom is -0.367 e. The van der Waals surface area contributed by atoms with Gasteiger partial charge in [-0.15, -0.1) is 0 Å². The van der Waals surface area contributed by atoms with Gasteiger partial charge in [-0.3, -0.25) is 4.79 Å². The maximum Gasteiger partial charge on any atom is 0.266 e. The molecule has 0 spiro atoms. The molecule has 0 aliphatic carbocycles. The smallest absolute Gasteiger partial charge is 0.266 e. The summed E-state index contributed by atoms with van der Waals surface area (Å²) in [4.78, 5) is 13.3. The Labute approximate surface area is 41.2 Å². The number of aliphatic imine (C=N–C) groups is 1. The van der Waals surface area contributed by atoms with Gasteiger partial charge in [0.2, 0.25) is 0 Å². The number of carbonyl (C=O) groups is 1. The van der Waals surface area contributed by atoms with Crippen molar-refractivity contribution in [1.82, 2.24) is 11.5 Å². The lowest BCUT2D eigenvalue weighted by atomic mass is 10.7. The van der Waals surface area contributed by atoms with E-state index in [1.54, 1.807) is 0 Å². The van der Waals surface area contributed by atoms with E-state index in [0.717, 1.165) is 0 Å². The first kappa shape index (κ1) is 6.10. The number of hydrogen-bond acceptors (Lipinski definition) is 3. The third-order valence-electron chi connectivity index (χ3n) is 0.553. The Morgan fingerprint density at radius 1 is 1.86 bits per heavy atom. The second-order valence-corrected chi connectivity index (χ2v) is 1.03.